The summed E-state index contributed by atoms with van der Waals surface area (Å²) < 4.78 is 11.6. The van der Waals surface area contributed by atoms with E-state index >= 15 is 0 Å². The molecular weight excluding hydrogens is 360 g/mol. The molecule has 0 unspecified atom stereocenters. The van der Waals surface area contributed by atoms with Crippen molar-refractivity contribution in [1.29, 1.82) is 0 Å². The van der Waals surface area contributed by atoms with Gasteiger partial charge in [0.2, 0.25) is 0 Å². The van der Waals surface area contributed by atoms with Gasteiger partial charge in [0, 0.05) is 5.02 Å². The maximum Gasteiger partial charge on any atom is 0.161 e. The van der Waals surface area contributed by atoms with Crippen LogP contribution < -0.4 is 14.9 Å². The van der Waals surface area contributed by atoms with Crippen LogP contribution >= 0.6 is 11.6 Å². The molecule has 0 spiro atoms. The third kappa shape index (κ3) is 5.76. The molecule has 0 fully saturated rings. The van der Waals surface area contributed by atoms with E-state index in [1.54, 1.807) is 6.21 Å². The molecule has 0 heterocycles. The number of benzene rings is 3. The van der Waals surface area contributed by atoms with Crippen LogP contribution in [0.1, 0.15) is 18.1 Å². The highest BCUT2D eigenvalue weighted by molar-refractivity contribution is 6.30. The summed E-state index contributed by atoms with van der Waals surface area (Å²) in [6.45, 7) is 2.95. The number of hydrazone groups is 1. The third-order valence-electron chi connectivity index (χ3n) is 3.76. The van der Waals surface area contributed by atoms with Crippen LogP contribution in [0.15, 0.2) is 77.9 Å². The Kier molecular flexibility index (Phi) is 6.72. The van der Waals surface area contributed by atoms with Crippen molar-refractivity contribution in [2.45, 2.75) is 13.5 Å². The summed E-state index contributed by atoms with van der Waals surface area (Å²) in [5.74, 6) is 1.38. The van der Waals surface area contributed by atoms with Gasteiger partial charge in [-0.05, 0) is 60.5 Å². The Hall–Kier alpha value is -2.98. The molecule has 3 aromatic carbocycles. The molecule has 3 rings (SSSR count). The van der Waals surface area contributed by atoms with Crippen LogP contribution in [0.5, 0.6) is 11.5 Å². The number of anilines is 1. The number of halogens is 1. The van der Waals surface area contributed by atoms with Crippen molar-refractivity contribution in [3.05, 3.63) is 88.9 Å². The third-order valence-corrected chi connectivity index (χ3v) is 4.01. The predicted molar refractivity (Wildman–Crippen MR) is 111 cm³/mol. The molecule has 4 nitrogen and oxygen atoms in total. The lowest BCUT2D eigenvalue weighted by Crippen LogP contribution is -2.00. The Balaban J connectivity index is 1.67. The number of hydrogen-bond donors (Lipinski definition) is 1. The van der Waals surface area contributed by atoms with Crippen molar-refractivity contribution >= 4 is 23.5 Å². The predicted octanol–water partition coefficient (Wildman–Crippen LogP) is 5.76. The lowest BCUT2D eigenvalue weighted by atomic mass is 10.2. The molecule has 0 saturated carbocycles. The van der Waals surface area contributed by atoms with Gasteiger partial charge in [0.25, 0.3) is 0 Å². The lowest BCUT2D eigenvalue weighted by molar-refractivity contribution is 0.269. The monoisotopic (exact) mass is 380 g/mol. The molecular formula is C22H21ClN2O2. The van der Waals surface area contributed by atoms with E-state index < -0.39 is 0 Å². The van der Waals surface area contributed by atoms with Gasteiger partial charge < -0.3 is 9.47 Å². The maximum atomic E-state index is 5.92. The molecule has 0 radical (unpaired) electrons. The molecule has 0 amide bonds. The quantitative estimate of drug-likeness (QED) is 0.399. The fourth-order valence-electron chi connectivity index (χ4n) is 2.43. The van der Waals surface area contributed by atoms with E-state index in [4.69, 9.17) is 21.1 Å². The van der Waals surface area contributed by atoms with Gasteiger partial charge in [0.05, 0.1) is 18.5 Å². The summed E-state index contributed by atoms with van der Waals surface area (Å²) in [6, 6.07) is 23.1. The SMILES string of the molecule is CCOc1cc(C=NNc2ccccc2)ccc1OCc1ccc(Cl)cc1. The first kappa shape index (κ1) is 18.8. The Labute approximate surface area is 164 Å². The first-order valence-electron chi connectivity index (χ1n) is 8.73. The average molecular weight is 381 g/mol. The van der Waals surface area contributed by atoms with E-state index in [9.17, 15) is 0 Å². The molecule has 3 aromatic rings. The second-order valence-corrected chi connectivity index (χ2v) is 6.23. The topological polar surface area (TPSA) is 42.8 Å². The van der Waals surface area contributed by atoms with Gasteiger partial charge in [-0.2, -0.15) is 5.10 Å². The van der Waals surface area contributed by atoms with E-state index in [-0.39, 0.29) is 0 Å². The largest absolute Gasteiger partial charge is 0.490 e. The normalized spacial score (nSPS) is 10.7. The van der Waals surface area contributed by atoms with Crippen molar-refractivity contribution < 1.29 is 9.47 Å². The molecule has 0 aliphatic heterocycles. The number of hydrogen-bond acceptors (Lipinski definition) is 4. The highest BCUT2D eigenvalue weighted by atomic mass is 35.5. The molecule has 0 bridgehead atoms. The van der Waals surface area contributed by atoms with Gasteiger partial charge in [-0.15, -0.1) is 0 Å². The van der Waals surface area contributed by atoms with Crippen molar-refractivity contribution in [1.82, 2.24) is 0 Å². The maximum absolute atomic E-state index is 5.92. The first-order chi connectivity index (χ1) is 13.2. The summed E-state index contributed by atoms with van der Waals surface area (Å²) in [7, 11) is 0. The Morgan fingerprint density at radius 2 is 1.70 bits per heavy atom. The van der Waals surface area contributed by atoms with E-state index in [0.717, 1.165) is 16.8 Å². The summed E-state index contributed by atoms with van der Waals surface area (Å²) in [6.07, 6.45) is 1.75. The molecule has 138 valence electrons. The van der Waals surface area contributed by atoms with Gasteiger partial charge in [-0.3, -0.25) is 5.43 Å². The number of nitrogens with zero attached hydrogens (tertiary/aromatic N) is 1. The zero-order chi connectivity index (χ0) is 18.9. The number of para-hydroxylation sites is 1. The second kappa shape index (κ2) is 9.64. The fraction of sp³-hybridized carbons (Fsp3) is 0.136. The van der Waals surface area contributed by atoms with Crippen LogP contribution in [0.2, 0.25) is 5.02 Å². The Bertz CT molecular complexity index is 881. The van der Waals surface area contributed by atoms with Gasteiger partial charge in [0.1, 0.15) is 6.61 Å². The zero-order valence-corrected chi connectivity index (χ0v) is 15.8. The Morgan fingerprint density at radius 3 is 2.44 bits per heavy atom. The van der Waals surface area contributed by atoms with Crippen LogP contribution in [0.3, 0.4) is 0 Å². The van der Waals surface area contributed by atoms with Gasteiger partial charge >= 0.3 is 0 Å². The number of ether oxygens (including phenoxy) is 2. The van der Waals surface area contributed by atoms with E-state index in [2.05, 4.69) is 10.5 Å². The average Bonchev–Trinajstić information content (AvgIpc) is 2.70. The molecule has 0 aliphatic rings. The highest BCUT2D eigenvalue weighted by Gasteiger charge is 2.06. The molecule has 0 aromatic heterocycles. The van der Waals surface area contributed by atoms with Gasteiger partial charge in [-0.1, -0.05) is 41.9 Å². The molecule has 0 saturated heterocycles. The molecule has 5 heteroatoms. The summed E-state index contributed by atoms with van der Waals surface area (Å²) in [5, 5.41) is 4.97. The summed E-state index contributed by atoms with van der Waals surface area (Å²) in [5.41, 5.74) is 5.89. The van der Waals surface area contributed by atoms with Crippen molar-refractivity contribution in [3.8, 4) is 11.5 Å². The minimum absolute atomic E-state index is 0.445. The highest BCUT2D eigenvalue weighted by Crippen LogP contribution is 2.29. The van der Waals surface area contributed by atoms with E-state index in [1.807, 2.05) is 79.7 Å². The lowest BCUT2D eigenvalue weighted by Gasteiger charge is -2.12. The number of nitrogens with one attached hydrogen (secondary N) is 1. The molecule has 0 aliphatic carbocycles. The fourth-order valence-corrected chi connectivity index (χ4v) is 2.55. The molecule has 1 N–H and O–H groups in total. The summed E-state index contributed by atoms with van der Waals surface area (Å²) >= 11 is 5.92. The smallest absolute Gasteiger partial charge is 0.161 e. The zero-order valence-electron chi connectivity index (χ0n) is 15.1. The van der Waals surface area contributed by atoms with E-state index in [0.29, 0.717) is 29.7 Å². The van der Waals surface area contributed by atoms with E-state index in [1.165, 1.54) is 0 Å². The Morgan fingerprint density at radius 1 is 0.926 bits per heavy atom. The summed E-state index contributed by atoms with van der Waals surface area (Å²) in [4.78, 5) is 0. The molecule has 27 heavy (non-hydrogen) atoms. The minimum Gasteiger partial charge on any atom is -0.490 e. The first-order valence-corrected chi connectivity index (χ1v) is 9.10. The van der Waals surface area contributed by atoms with Crippen LogP contribution in [0.25, 0.3) is 0 Å². The van der Waals surface area contributed by atoms with Crippen molar-refractivity contribution in [2.75, 3.05) is 12.0 Å². The second-order valence-electron chi connectivity index (χ2n) is 5.79. The number of rotatable bonds is 8. The molecule has 0 atom stereocenters. The van der Waals surface area contributed by atoms with Crippen molar-refractivity contribution in [3.63, 3.8) is 0 Å². The van der Waals surface area contributed by atoms with Crippen LogP contribution in [-0.4, -0.2) is 12.8 Å². The van der Waals surface area contributed by atoms with Crippen LogP contribution in [-0.2, 0) is 6.61 Å². The van der Waals surface area contributed by atoms with Gasteiger partial charge in [-0.25, -0.2) is 0 Å². The van der Waals surface area contributed by atoms with Gasteiger partial charge in [0.15, 0.2) is 11.5 Å². The minimum atomic E-state index is 0.445. The van der Waals surface area contributed by atoms with Crippen molar-refractivity contribution in [2.24, 2.45) is 5.10 Å². The van der Waals surface area contributed by atoms with Crippen LogP contribution in [0, 0.1) is 0 Å². The standard InChI is InChI=1S/C22H21ClN2O2/c1-2-26-22-14-18(15-24-25-20-6-4-3-5-7-20)10-13-21(22)27-16-17-8-11-19(23)12-9-17/h3-15,25H,2,16H2,1H3. The van der Waals surface area contributed by atoms with Crippen LogP contribution in [0.4, 0.5) is 5.69 Å².